The minimum Gasteiger partial charge on any atom is -0.309 e. The SMILES string of the molecule is CCS(=O)(=O)c1ccccc1C(=O)N(CCCN(C)C)c1nc2ccc([N+](=O)[O-])cc2s1. The predicted molar refractivity (Wildman–Crippen MR) is 125 cm³/mol. The number of nitro groups is 1. The molecule has 3 rings (SSSR count). The van der Waals surface area contributed by atoms with Crippen LogP contribution in [-0.4, -0.2) is 62.1 Å². The number of nitrogens with zero attached hydrogens (tertiary/aromatic N) is 4. The second-order valence-corrected chi connectivity index (χ2v) is 10.7. The summed E-state index contributed by atoms with van der Waals surface area (Å²) in [4.78, 5) is 32.1. The number of non-ortho nitro benzene ring substituents is 1. The van der Waals surface area contributed by atoms with E-state index in [4.69, 9.17) is 0 Å². The zero-order valence-corrected chi connectivity index (χ0v) is 19.6. The zero-order valence-electron chi connectivity index (χ0n) is 18.0. The van der Waals surface area contributed by atoms with Crippen LogP contribution in [0.1, 0.15) is 23.7 Å². The van der Waals surface area contributed by atoms with Crippen LogP contribution in [0.25, 0.3) is 10.2 Å². The molecule has 0 unspecified atom stereocenters. The number of anilines is 1. The fourth-order valence-electron chi connectivity index (χ4n) is 3.17. The van der Waals surface area contributed by atoms with Crippen molar-refractivity contribution in [2.24, 2.45) is 0 Å². The molecule has 0 spiro atoms. The molecule has 0 aliphatic carbocycles. The molecule has 0 N–H and O–H groups in total. The highest BCUT2D eigenvalue weighted by molar-refractivity contribution is 7.91. The van der Waals surface area contributed by atoms with E-state index in [9.17, 15) is 23.3 Å². The van der Waals surface area contributed by atoms with Gasteiger partial charge in [-0.3, -0.25) is 19.8 Å². The van der Waals surface area contributed by atoms with Gasteiger partial charge in [0.25, 0.3) is 11.6 Å². The number of carbonyl (C=O) groups is 1. The summed E-state index contributed by atoms with van der Waals surface area (Å²) in [6, 6.07) is 10.5. The lowest BCUT2D eigenvalue weighted by atomic mass is 10.2. The molecule has 3 aromatic rings. The maximum Gasteiger partial charge on any atom is 0.270 e. The summed E-state index contributed by atoms with van der Waals surface area (Å²) in [6.07, 6.45) is 0.636. The van der Waals surface area contributed by atoms with E-state index in [-0.39, 0.29) is 21.9 Å². The van der Waals surface area contributed by atoms with E-state index in [0.717, 1.165) is 17.9 Å². The molecule has 2 aromatic carbocycles. The van der Waals surface area contributed by atoms with Crippen molar-refractivity contribution in [1.29, 1.82) is 0 Å². The van der Waals surface area contributed by atoms with Gasteiger partial charge >= 0.3 is 0 Å². The molecule has 0 aliphatic rings. The Labute approximate surface area is 190 Å². The minimum absolute atomic E-state index is 0.0122. The number of sulfone groups is 1. The molecule has 0 fully saturated rings. The van der Waals surface area contributed by atoms with Gasteiger partial charge in [-0.25, -0.2) is 13.4 Å². The number of aromatic nitrogens is 1. The molecule has 0 saturated heterocycles. The van der Waals surface area contributed by atoms with Gasteiger partial charge in [-0.1, -0.05) is 30.4 Å². The third-order valence-electron chi connectivity index (χ3n) is 4.87. The Morgan fingerprint density at radius 1 is 1.16 bits per heavy atom. The van der Waals surface area contributed by atoms with E-state index in [1.165, 1.54) is 36.1 Å². The molecule has 0 aliphatic heterocycles. The number of fused-ring (bicyclic) bond motifs is 1. The van der Waals surface area contributed by atoms with E-state index in [0.29, 0.717) is 28.3 Å². The first-order valence-electron chi connectivity index (χ1n) is 9.97. The van der Waals surface area contributed by atoms with E-state index in [1.807, 2.05) is 19.0 Å². The van der Waals surface area contributed by atoms with Gasteiger partial charge in [0.05, 0.1) is 31.4 Å². The highest BCUT2D eigenvalue weighted by atomic mass is 32.2. The maximum absolute atomic E-state index is 13.6. The first kappa shape index (κ1) is 23.8. The van der Waals surface area contributed by atoms with Gasteiger partial charge in [0, 0.05) is 18.7 Å². The van der Waals surface area contributed by atoms with Crippen molar-refractivity contribution in [2.75, 3.05) is 37.8 Å². The Kier molecular flexibility index (Phi) is 7.22. The average Bonchev–Trinajstić information content (AvgIpc) is 3.19. The predicted octanol–water partition coefficient (Wildman–Crippen LogP) is 3.60. The summed E-state index contributed by atoms with van der Waals surface area (Å²) in [7, 11) is 0.234. The van der Waals surface area contributed by atoms with Gasteiger partial charge in [0.15, 0.2) is 15.0 Å². The number of hydrogen-bond acceptors (Lipinski definition) is 8. The summed E-state index contributed by atoms with van der Waals surface area (Å²) in [5.41, 5.74) is 0.567. The normalized spacial score (nSPS) is 11.8. The van der Waals surface area contributed by atoms with Gasteiger partial charge in [0.1, 0.15) is 0 Å². The highest BCUT2D eigenvalue weighted by Crippen LogP contribution is 2.33. The van der Waals surface area contributed by atoms with E-state index in [2.05, 4.69) is 4.98 Å². The molecule has 9 nitrogen and oxygen atoms in total. The Morgan fingerprint density at radius 2 is 1.88 bits per heavy atom. The number of carbonyl (C=O) groups excluding carboxylic acids is 1. The molecule has 0 atom stereocenters. The maximum atomic E-state index is 13.6. The van der Waals surface area contributed by atoms with E-state index in [1.54, 1.807) is 18.2 Å². The molecule has 1 amide bonds. The molecule has 1 heterocycles. The van der Waals surface area contributed by atoms with Crippen LogP contribution in [0.2, 0.25) is 0 Å². The first-order valence-corrected chi connectivity index (χ1v) is 12.4. The van der Waals surface area contributed by atoms with Crippen molar-refractivity contribution >= 4 is 48.1 Å². The van der Waals surface area contributed by atoms with Crippen LogP contribution in [0.4, 0.5) is 10.8 Å². The molecule has 0 saturated carbocycles. The summed E-state index contributed by atoms with van der Waals surface area (Å²) in [5.74, 6) is -0.590. The molecule has 170 valence electrons. The van der Waals surface area contributed by atoms with Crippen LogP contribution >= 0.6 is 11.3 Å². The summed E-state index contributed by atoms with van der Waals surface area (Å²) < 4.78 is 25.7. The molecule has 11 heteroatoms. The third-order valence-corrected chi connectivity index (χ3v) is 7.69. The monoisotopic (exact) mass is 476 g/mol. The van der Waals surface area contributed by atoms with E-state index >= 15 is 0 Å². The van der Waals surface area contributed by atoms with Gasteiger partial charge in [-0.05, 0) is 45.3 Å². The van der Waals surface area contributed by atoms with Gasteiger partial charge in [-0.15, -0.1) is 0 Å². The summed E-state index contributed by atoms with van der Waals surface area (Å²) in [6.45, 7) is 2.57. The van der Waals surface area contributed by atoms with Crippen LogP contribution in [0.5, 0.6) is 0 Å². The Hall–Kier alpha value is -2.89. The molecule has 32 heavy (non-hydrogen) atoms. The second-order valence-electron chi connectivity index (χ2n) is 7.42. The van der Waals surface area contributed by atoms with E-state index < -0.39 is 20.7 Å². The molecule has 0 radical (unpaired) electrons. The lowest BCUT2D eigenvalue weighted by molar-refractivity contribution is -0.384. The molecule has 1 aromatic heterocycles. The molecular formula is C21H24N4O5S2. The smallest absolute Gasteiger partial charge is 0.270 e. The number of benzene rings is 2. The lowest BCUT2D eigenvalue weighted by Gasteiger charge is -2.22. The largest absolute Gasteiger partial charge is 0.309 e. The number of rotatable bonds is 9. The quantitative estimate of drug-likeness (QED) is 0.342. The van der Waals surface area contributed by atoms with Crippen molar-refractivity contribution in [2.45, 2.75) is 18.2 Å². The van der Waals surface area contributed by atoms with Crippen molar-refractivity contribution in [3.63, 3.8) is 0 Å². The molecule has 0 bridgehead atoms. The van der Waals surface area contributed by atoms with Crippen molar-refractivity contribution in [3.05, 3.63) is 58.1 Å². The Balaban J connectivity index is 2.07. The number of nitro benzene ring substituents is 1. The minimum atomic E-state index is -3.61. The van der Waals surface area contributed by atoms with Gasteiger partial charge in [-0.2, -0.15) is 0 Å². The standard InChI is InChI=1S/C21H24N4O5S2/c1-4-32(29,30)19-9-6-5-8-16(19)20(26)24(13-7-12-23(2)3)21-22-17-11-10-15(25(27)28)14-18(17)31-21/h5-6,8-11,14H,4,7,12-13H2,1-3H3. The highest BCUT2D eigenvalue weighted by Gasteiger charge is 2.27. The van der Waals surface area contributed by atoms with Crippen molar-refractivity contribution in [1.82, 2.24) is 9.88 Å². The first-order chi connectivity index (χ1) is 15.1. The summed E-state index contributed by atoms with van der Waals surface area (Å²) >= 11 is 1.16. The average molecular weight is 477 g/mol. The fraction of sp³-hybridized carbons (Fsp3) is 0.333. The van der Waals surface area contributed by atoms with Gasteiger partial charge in [0.2, 0.25) is 0 Å². The second kappa shape index (κ2) is 9.72. The number of amides is 1. The van der Waals surface area contributed by atoms with Crippen molar-refractivity contribution < 1.29 is 18.1 Å². The number of thiazole rings is 1. The Morgan fingerprint density at radius 3 is 2.53 bits per heavy atom. The summed E-state index contributed by atoms with van der Waals surface area (Å²) in [5, 5.41) is 11.5. The van der Waals surface area contributed by atoms with Crippen LogP contribution in [-0.2, 0) is 9.84 Å². The van der Waals surface area contributed by atoms with Crippen LogP contribution in [0.3, 0.4) is 0 Å². The van der Waals surface area contributed by atoms with Gasteiger partial charge < -0.3 is 4.90 Å². The van der Waals surface area contributed by atoms with Crippen molar-refractivity contribution in [3.8, 4) is 0 Å². The lowest BCUT2D eigenvalue weighted by Crippen LogP contribution is -2.34. The van der Waals surface area contributed by atoms with Crippen LogP contribution in [0, 0.1) is 10.1 Å². The molecular weight excluding hydrogens is 452 g/mol. The van der Waals surface area contributed by atoms with Crippen LogP contribution in [0.15, 0.2) is 47.4 Å². The Bertz CT molecular complexity index is 1250. The fourth-order valence-corrected chi connectivity index (χ4v) is 5.29. The third kappa shape index (κ3) is 5.12. The topological polar surface area (TPSA) is 114 Å². The number of hydrogen-bond donors (Lipinski definition) is 0. The zero-order chi connectivity index (χ0) is 23.5. The van der Waals surface area contributed by atoms with Crippen LogP contribution < -0.4 is 4.90 Å².